The quantitative estimate of drug-likeness (QED) is 0.588. The maximum Gasteiger partial charge on any atom is 0.160 e. The largest absolute Gasteiger partial charge is 0.497 e. The van der Waals surface area contributed by atoms with E-state index >= 15 is 0 Å². The Labute approximate surface area is 169 Å². The van der Waals surface area contributed by atoms with Gasteiger partial charge in [0.2, 0.25) is 0 Å². The van der Waals surface area contributed by atoms with E-state index in [-0.39, 0.29) is 12.4 Å². The van der Waals surface area contributed by atoms with Gasteiger partial charge in [-0.1, -0.05) is 18.2 Å². The van der Waals surface area contributed by atoms with Crippen molar-refractivity contribution in [1.29, 1.82) is 0 Å². The van der Waals surface area contributed by atoms with Crippen LogP contribution in [0.2, 0.25) is 0 Å². The van der Waals surface area contributed by atoms with Crippen molar-refractivity contribution in [2.75, 3.05) is 34.9 Å². The van der Waals surface area contributed by atoms with Crippen molar-refractivity contribution in [2.45, 2.75) is 32.2 Å². The fraction of sp³-hybridized carbons (Fsp3) is 0.455. The Hall–Kier alpha value is -1.91. The average Bonchev–Trinajstić information content (AvgIpc) is 2.70. The summed E-state index contributed by atoms with van der Waals surface area (Å²) >= 11 is 0. The summed E-state index contributed by atoms with van der Waals surface area (Å²) in [7, 11) is 7.23. The number of nitrogens with zero attached hydrogens (tertiary/aromatic N) is 1. The minimum absolute atomic E-state index is 0. The van der Waals surface area contributed by atoms with Crippen LogP contribution in [0.15, 0.2) is 42.5 Å². The topological polar surface area (TPSA) is 30.9 Å². The van der Waals surface area contributed by atoms with Crippen LogP contribution in [-0.4, -0.2) is 45.9 Å². The first kappa shape index (κ1) is 23.1. The van der Waals surface area contributed by atoms with Crippen LogP contribution in [0.25, 0.3) is 0 Å². The summed E-state index contributed by atoms with van der Waals surface area (Å²) in [6, 6.07) is 15.0. The molecule has 5 heteroatoms. The zero-order chi connectivity index (χ0) is 18.9. The Kier molecular flexibility index (Phi) is 10.0. The normalized spacial score (nSPS) is 11.6. The number of methoxy groups -OCH3 is 3. The van der Waals surface area contributed by atoms with Crippen molar-refractivity contribution < 1.29 is 14.2 Å². The first-order chi connectivity index (χ1) is 12.6. The molecule has 1 atom stereocenters. The second kappa shape index (κ2) is 11.7. The molecule has 0 aliphatic carbocycles. The summed E-state index contributed by atoms with van der Waals surface area (Å²) in [6.07, 6.45) is 3.20. The van der Waals surface area contributed by atoms with E-state index in [9.17, 15) is 0 Å². The van der Waals surface area contributed by atoms with Gasteiger partial charge in [-0.25, -0.2) is 0 Å². The Morgan fingerprint density at radius 3 is 2.04 bits per heavy atom. The van der Waals surface area contributed by atoms with Gasteiger partial charge in [0.05, 0.1) is 21.3 Å². The summed E-state index contributed by atoms with van der Waals surface area (Å²) < 4.78 is 15.9. The molecule has 0 N–H and O–H groups in total. The minimum atomic E-state index is 0. The predicted octanol–water partition coefficient (Wildman–Crippen LogP) is 4.63. The van der Waals surface area contributed by atoms with Crippen LogP contribution >= 0.6 is 12.4 Å². The molecule has 0 bridgehead atoms. The number of halogens is 1. The molecule has 1 unspecified atom stereocenters. The summed E-state index contributed by atoms with van der Waals surface area (Å²) in [5, 5.41) is 0. The van der Waals surface area contributed by atoms with Gasteiger partial charge in [0.1, 0.15) is 5.75 Å². The van der Waals surface area contributed by atoms with E-state index in [0.29, 0.717) is 6.04 Å². The van der Waals surface area contributed by atoms with E-state index < -0.39 is 0 Å². The van der Waals surface area contributed by atoms with E-state index in [1.807, 2.05) is 18.2 Å². The second-order valence-corrected chi connectivity index (χ2v) is 6.66. The molecule has 0 radical (unpaired) electrons. The van der Waals surface area contributed by atoms with E-state index in [0.717, 1.165) is 43.1 Å². The minimum Gasteiger partial charge on any atom is -0.497 e. The lowest BCUT2D eigenvalue weighted by Crippen LogP contribution is -2.31. The molecular weight excluding hydrogens is 362 g/mol. The van der Waals surface area contributed by atoms with Gasteiger partial charge < -0.3 is 19.1 Å². The molecule has 2 aromatic carbocycles. The number of benzene rings is 2. The molecule has 2 rings (SSSR count). The molecule has 0 aromatic heterocycles. The van der Waals surface area contributed by atoms with Crippen molar-refractivity contribution in [2.24, 2.45) is 0 Å². The third-order valence-electron chi connectivity index (χ3n) is 4.96. The highest BCUT2D eigenvalue weighted by Crippen LogP contribution is 2.27. The Bertz CT molecular complexity index is 676. The molecule has 0 fully saturated rings. The van der Waals surface area contributed by atoms with Gasteiger partial charge >= 0.3 is 0 Å². The fourth-order valence-electron chi connectivity index (χ4n) is 2.95. The maximum absolute atomic E-state index is 5.39. The Morgan fingerprint density at radius 1 is 0.815 bits per heavy atom. The van der Waals surface area contributed by atoms with Gasteiger partial charge in [-0.2, -0.15) is 0 Å². The molecule has 0 saturated heterocycles. The third kappa shape index (κ3) is 6.96. The van der Waals surface area contributed by atoms with Crippen molar-refractivity contribution in [3.63, 3.8) is 0 Å². The van der Waals surface area contributed by atoms with Crippen molar-refractivity contribution in [3.05, 3.63) is 53.6 Å². The van der Waals surface area contributed by atoms with E-state index in [2.05, 4.69) is 43.1 Å². The van der Waals surface area contributed by atoms with Gasteiger partial charge in [-0.3, -0.25) is 0 Å². The van der Waals surface area contributed by atoms with Crippen LogP contribution in [0.1, 0.15) is 24.5 Å². The standard InChI is InChI=1S/C22H31NO3.ClH/c1-17(6-7-18-8-11-20(24-3)12-9-18)23(2)15-14-19-10-13-21(25-4)22(16-19)26-5;/h8-13,16-17H,6-7,14-15H2,1-5H3;1H. The molecule has 0 heterocycles. The van der Waals surface area contributed by atoms with Crippen molar-refractivity contribution in [3.8, 4) is 17.2 Å². The lowest BCUT2D eigenvalue weighted by molar-refractivity contribution is 0.249. The highest BCUT2D eigenvalue weighted by Gasteiger charge is 2.11. The van der Waals surface area contributed by atoms with Gasteiger partial charge in [-0.15, -0.1) is 12.4 Å². The monoisotopic (exact) mass is 393 g/mol. The zero-order valence-electron chi connectivity index (χ0n) is 17.0. The van der Waals surface area contributed by atoms with E-state index in [1.54, 1.807) is 21.3 Å². The molecule has 0 aliphatic rings. The molecule has 4 nitrogen and oxygen atoms in total. The second-order valence-electron chi connectivity index (χ2n) is 6.66. The van der Waals surface area contributed by atoms with Gasteiger partial charge in [-0.05, 0) is 68.6 Å². The number of aryl methyl sites for hydroxylation is 1. The molecular formula is C22H32ClNO3. The number of rotatable bonds is 10. The van der Waals surface area contributed by atoms with E-state index in [1.165, 1.54) is 11.1 Å². The van der Waals surface area contributed by atoms with Gasteiger partial charge in [0, 0.05) is 12.6 Å². The number of hydrogen-bond donors (Lipinski definition) is 0. The van der Waals surface area contributed by atoms with Crippen molar-refractivity contribution in [1.82, 2.24) is 4.90 Å². The predicted molar refractivity (Wildman–Crippen MR) is 114 cm³/mol. The van der Waals surface area contributed by atoms with Crippen LogP contribution in [-0.2, 0) is 12.8 Å². The smallest absolute Gasteiger partial charge is 0.160 e. The molecule has 0 amide bonds. The van der Waals surface area contributed by atoms with Gasteiger partial charge in [0.15, 0.2) is 11.5 Å². The fourth-order valence-corrected chi connectivity index (χ4v) is 2.95. The molecule has 0 aliphatic heterocycles. The van der Waals surface area contributed by atoms with Crippen LogP contribution in [0.5, 0.6) is 17.2 Å². The number of likely N-dealkylation sites (N-methyl/N-ethyl adjacent to an activating group) is 1. The highest BCUT2D eigenvalue weighted by molar-refractivity contribution is 5.85. The number of ether oxygens (including phenoxy) is 3. The van der Waals surface area contributed by atoms with Crippen LogP contribution < -0.4 is 14.2 Å². The lowest BCUT2D eigenvalue weighted by Gasteiger charge is -2.25. The molecule has 27 heavy (non-hydrogen) atoms. The van der Waals surface area contributed by atoms with Crippen LogP contribution in [0.3, 0.4) is 0 Å². The first-order valence-corrected chi connectivity index (χ1v) is 9.11. The summed E-state index contributed by atoms with van der Waals surface area (Å²) in [4.78, 5) is 2.42. The van der Waals surface area contributed by atoms with Crippen LogP contribution in [0.4, 0.5) is 0 Å². The average molecular weight is 394 g/mol. The molecule has 2 aromatic rings. The summed E-state index contributed by atoms with van der Waals surface area (Å²) in [5.74, 6) is 2.48. The third-order valence-corrected chi connectivity index (χ3v) is 4.96. The summed E-state index contributed by atoms with van der Waals surface area (Å²) in [5.41, 5.74) is 2.61. The Morgan fingerprint density at radius 2 is 1.44 bits per heavy atom. The van der Waals surface area contributed by atoms with Crippen LogP contribution in [0, 0.1) is 0 Å². The molecule has 150 valence electrons. The highest BCUT2D eigenvalue weighted by atomic mass is 35.5. The zero-order valence-corrected chi connectivity index (χ0v) is 17.8. The number of hydrogen-bond acceptors (Lipinski definition) is 4. The molecule has 0 saturated carbocycles. The van der Waals surface area contributed by atoms with E-state index in [4.69, 9.17) is 14.2 Å². The summed E-state index contributed by atoms with van der Waals surface area (Å²) in [6.45, 7) is 3.30. The Balaban J connectivity index is 0.00000364. The molecule has 0 spiro atoms. The van der Waals surface area contributed by atoms with Crippen molar-refractivity contribution >= 4 is 12.4 Å². The lowest BCUT2D eigenvalue weighted by atomic mass is 10.0. The maximum atomic E-state index is 5.39. The SMILES string of the molecule is COc1ccc(CCC(C)N(C)CCc2ccc(OC)c(OC)c2)cc1.Cl. The van der Waals surface area contributed by atoms with Gasteiger partial charge in [0.25, 0.3) is 0 Å². The first-order valence-electron chi connectivity index (χ1n) is 9.11.